The van der Waals surface area contributed by atoms with Crippen molar-refractivity contribution < 1.29 is 9.53 Å². The van der Waals surface area contributed by atoms with Gasteiger partial charge in [0.15, 0.2) is 0 Å². The zero-order valence-corrected chi connectivity index (χ0v) is 14.0. The summed E-state index contributed by atoms with van der Waals surface area (Å²) in [7, 11) is 0. The number of hydrogen-bond acceptors (Lipinski definition) is 5. The van der Waals surface area contributed by atoms with Crippen molar-refractivity contribution >= 4 is 35.1 Å². The first-order valence-electron chi connectivity index (χ1n) is 6.67. The molecule has 2 aromatic rings. The fourth-order valence-corrected chi connectivity index (χ4v) is 3.89. The first-order valence-corrected chi connectivity index (χ1v) is 8.71. The van der Waals surface area contributed by atoms with Gasteiger partial charge in [-0.25, -0.2) is 4.79 Å². The molecule has 0 saturated carbocycles. The second-order valence-electron chi connectivity index (χ2n) is 4.33. The molecule has 1 aromatic heterocycles. The Morgan fingerprint density at radius 3 is 2.64 bits per heavy atom. The van der Waals surface area contributed by atoms with Gasteiger partial charge in [-0.3, -0.25) is 0 Å². The smallest absolute Gasteiger partial charge is 0.349 e. The molecule has 0 fully saturated rings. The lowest BCUT2D eigenvalue weighted by Gasteiger charge is -2.05. The molecule has 22 heavy (non-hydrogen) atoms. The highest BCUT2D eigenvalue weighted by molar-refractivity contribution is 8.00. The summed E-state index contributed by atoms with van der Waals surface area (Å²) < 4.78 is 5.96. The third kappa shape index (κ3) is 3.08. The second-order valence-corrected chi connectivity index (χ2v) is 6.43. The van der Waals surface area contributed by atoms with Crippen molar-refractivity contribution in [2.45, 2.75) is 11.1 Å². The number of carbonyl (C=O) groups excluding carboxylic acids is 1. The lowest BCUT2D eigenvalue weighted by atomic mass is 10.0. The number of thiophene rings is 1. The molecule has 0 radical (unpaired) electrons. The van der Waals surface area contributed by atoms with Gasteiger partial charge in [-0.1, -0.05) is 36.9 Å². The van der Waals surface area contributed by atoms with Crippen LogP contribution in [0.5, 0.6) is 0 Å². The van der Waals surface area contributed by atoms with Crippen LogP contribution in [-0.4, -0.2) is 18.8 Å². The number of hydrogen-bond donors (Lipinski definition) is 0. The van der Waals surface area contributed by atoms with Crippen LogP contribution < -0.4 is 0 Å². The Bertz CT molecular complexity index is 739. The van der Waals surface area contributed by atoms with Gasteiger partial charge in [0.25, 0.3) is 0 Å². The molecule has 0 amide bonds. The minimum atomic E-state index is -0.382. The predicted octanol–water partition coefficient (Wildman–Crippen LogP) is 4.83. The maximum Gasteiger partial charge on any atom is 0.349 e. The normalized spacial score (nSPS) is 10.0. The SMILES string of the molecule is C=Cc1ccc(-c2c(C(=O)OCC)sc(SC)c2C#N)cc1. The highest BCUT2D eigenvalue weighted by Gasteiger charge is 2.24. The maximum atomic E-state index is 12.2. The van der Waals surface area contributed by atoms with E-state index in [1.165, 1.54) is 23.1 Å². The van der Waals surface area contributed by atoms with Crippen LogP contribution in [0, 0.1) is 11.3 Å². The molecule has 1 aromatic carbocycles. The Hall–Kier alpha value is -2.03. The number of esters is 1. The number of rotatable bonds is 5. The highest BCUT2D eigenvalue weighted by atomic mass is 32.2. The zero-order chi connectivity index (χ0) is 16.1. The minimum absolute atomic E-state index is 0.308. The molecule has 3 nitrogen and oxygen atoms in total. The quantitative estimate of drug-likeness (QED) is 0.582. The predicted molar refractivity (Wildman–Crippen MR) is 92.3 cm³/mol. The molecule has 5 heteroatoms. The van der Waals surface area contributed by atoms with Crippen molar-refractivity contribution in [1.82, 2.24) is 0 Å². The molecular formula is C17H15NO2S2. The molecule has 1 heterocycles. The highest BCUT2D eigenvalue weighted by Crippen LogP contribution is 2.41. The molecular weight excluding hydrogens is 314 g/mol. The average molecular weight is 329 g/mol. The lowest BCUT2D eigenvalue weighted by Crippen LogP contribution is -2.04. The molecule has 112 valence electrons. The van der Waals surface area contributed by atoms with Crippen molar-refractivity contribution in [1.29, 1.82) is 5.26 Å². The van der Waals surface area contributed by atoms with Crippen LogP contribution in [0.4, 0.5) is 0 Å². The average Bonchev–Trinajstić information content (AvgIpc) is 2.93. The van der Waals surface area contributed by atoms with E-state index in [-0.39, 0.29) is 5.97 Å². The van der Waals surface area contributed by atoms with E-state index in [4.69, 9.17) is 4.74 Å². The minimum Gasteiger partial charge on any atom is -0.462 e. The summed E-state index contributed by atoms with van der Waals surface area (Å²) >= 11 is 2.77. The molecule has 0 unspecified atom stereocenters. The van der Waals surface area contributed by atoms with E-state index in [9.17, 15) is 10.1 Å². The lowest BCUT2D eigenvalue weighted by molar-refractivity contribution is 0.0533. The first kappa shape index (κ1) is 16.3. The van der Waals surface area contributed by atoms with Crippen molar-refractivity contribution in [3.05, 3.63) is 46.8 Å². The molecule has 0 saturated heterocycles. The van der Waals surface area contributed by atoms with Gasteiger partial charge in [0.2, 0.25) is 0 Å². The van der Waals surface area contributed by atoms with Crippen LogP contribution in [0.15, 0.2) is 35.1 Å². The Labute approximate surface area is 138 Å². The fourth-order valence-electron chi connectivity index (χ4n) is 2.06. The summed E-state index contributed by atoms with van der Waals surface area (Å²) in [6.45, 7) is 5.80. The molecule has 0 N–H and O–H groups in total. The van der Waals surface area contributed by atoms with Crippen molar-refractivity contribution in [2.75, 3.05) is 12.9 Å². The van der Waals surface area contributed by atoms with Crippen LogP contribution in [0.2, 0.25) is 0 Å². The number of ether oxygens (including phenoxy) is 1. The summed E-state index contributed by atoms with van der Waals surface area (Å²) in [6.07, 6.45) is 3.65. The van der Waals surface area contributed by atoms with E-state index in [1.807, 2.05) is 30.5 Å². The van der Waals surface area contributed by atoms with E-state index < -0.39 is 0 Å². The van der Waals surface area contributed by atoms with Crippen molar-refractivity contribution in [2.24, 2.45) is 0 Å². The Morgan fingerprint density at radius 2 is 2.14 bits per heavy atom. The van der Waals surface area contributed by atoms with Crippen molar-refractivity contribution in [3.8, 4) is 17.2 Å². The van der Waals surface area contributed by atoms with Crippen LogP contribution in [0.25, 0.3) is 17.2 Å². The summed E-state index contributed by atoms with van der Waals surface area (Å²) in [5, 5.41) is 9.49. The molecule has 0 bridgehead atoms. The number of carbonyl (C=O) groups is 1. The summed E-state index contributed by atoms with van der Waals surface area (Å²) in [6, 6.07) is 9.84. The number of nitrogens with zero attached hydrogens (tertiary/aromatic N) is 1. The number of nitriles is 1. The van der Waals surface area contributed by atoms with E-state index in [2.05, 4.69) is 12.6 Å². The van der Waals surface area contributed by atoms with Gasteiger partial charge in [-0.15, -0.1) is 23.1 Å². The number of benzene rings is 1. The Kier molecular flexibility index (Phi) is 5.42. The molecule has 0 aliphatic carbocycles. The summed E-state index contributed by atoms with van der Waals surface area (Å²) in [5.74, 6) is -0.382. The van der Waals surface area contributed by atoms with Gasteiger partial charge >= 0.3 is 5.97 Å². The largest absolute Gasteiger partial charge is 0.462 e. The molecule has 0 spiro atoms. The standard InChI is InChI=1S/C17H15NO2S2/c1-4-11-6-8-12(9-7-11)14-13(10-18)17(21-3)22-15(14)16(19)20-5-2/h4,6-9H,1,5H2,2-3H3. The second kappa shape index (κ2) is 7.30. The van der Waals surface area contributed by atoms with E-state index >= 15 is 0 Å². The third-order valence-corrected chi connectivity index (χ3v) is 5.36. The molecule has 0 atom stereocenters. The van der Waals surface area contributed by atoms with Crippen LogP contribution in [0.1, 0.15) is 27.7 Å². The third-order valence-electron chi connectivity index (χ3n) is 3.07. The van der Waals surface area contributed by atoms with Crippen molar-refractivity contribution in [3.63, 3.8) is 0 Å². The Morgan fingerprint density at radius 1 is 1.45 bits per heavy atom. The maximum absolute atomic E-state index is 12.2. The summed E-state index contributed by atoms with van der Waals surface area (Å²) in [4.78, 5) is 12.7. The topological polar surface area (TPSA) is 50.1 Å². The molecule has 2 rings (SSSR count). The van der Waals surface area contributed by atoms with E-state index in [0.29, 0.717) is 22.6 Å². The molecule has 0 aliphatic rings. The Balaban J connectivity index is 2.64. The van der Waals surface area contributed by atoms with Gasteiger partial charge in [0.1, 0.15) is 10.9 Å². The monoisotopic (exact) mass is 329 g/mol. The first-order chi connectivity index (χ1) is 10.7. The van der Waals surface area contributed by atoms with Gasteiger partial charge in [0.05, 0.1) is 16.4 Å². The van der Waals surface area contributed by atoms with Gasteiger partial charge in [-0.2, -0.15) is 5.26 Å². The van der Waals surface area contributed by atoms with Gasteiger partial charge in [-0.05, 0) is 24.3 Å². The fraction of sp³-hybridized carbons (Fsp3) is 0.176. The van der Waals surface area contributed by atoms with Crippen LogP contribution in [-0.2, 0) is 4.74 Å². The zero-order valence-electron chi connectivity index (χ0n) is 12.4. The summed E-state index contributed by atoms with van der Waals surface area (Å²) in [5.41, 5.74) is 3.01. The van der Waals surface area contributed by atoms with E-state index in [1.54, 1.807) is 13.0 Å². The number of thioether (sulfide) groups is 1. The molecule has 0 aliphatic heterocycles. The van der Waals surface area contributed by atoms with Crippen LogP contribution >= 0.6 is 23.1 Å². The van der Waals surface area contributed by atoms with Gasteiger partial charge < -0.3 is 4.74 Å². The van der Waals surface area contributed by atoms with Gasteiger partial charge in [0, 0.05) is 5.56 Å². The van der Waals surface area contributed by atoms with Crippen LogP contribution in [0.3, 0.4) is 0 Å². The van der Waals surface area contributed by atoms with E-state index in [0.717, 1.165) is 15.3 Å².